The molecule has 2 amide bonds. The van der Waals surface area contributed by atoms with Gasteiger partial charge >= 0.3 is 6.09 Å². The van der Waals surface area contributed by atoms with E-state index in [2.05, 4.69) is 20.8 Å². The van der Waals surface area contributed by atoms with Crippen LogP contribution < -0.4 is 10.6 Å². The van der Waals surface area contributed by atoms with Gasteiger partial charge in [0, 0.05) is 23.7 Å². The van der Waals surface area contributed by atoms with Gasteiger partial charge in [-0.05, 0) is 39.5 Å². The van der Waals surface area contributed by atoms with Crippen molar-refractivity contribution in [1.82, 2.24) is 15.5 Å². The summed E-state index contributed by atoms with van der Waals surface area (Å²) in [5.74, 6) is -0.141. The number of nitrogens with one attached hydrogen (secondary N) is 3. The second-order valence-electron chi connectivity index (χ2n) is 7.64. The SMILES string of the molecule is CC(C)NC(=O)O[C@@H]1CC[C@H](c2cc(NC(=O)C3CC3OCC(F)F)n[nH]2)C1. The van der Waals surface area contributed by atoms with Crippen molar-refractivity contribution in [2.45, 2.75) is 70.1 Å². The largest absolute Gasteiger partial charge is 0.446 e. The molecular formula is C18H26F2N4O4. The minimum Gasteiger partial charge on any atom is -0.446 e. The monoisotopic (exact) mass is 400 g/mol. The molecule has 3 rings (SSSR count). The zero-order valence-corrected chi connectivity index (χ0v) is 15.9. The number of amides is 2. The van der Waals surface area contributed by atoms with Gasteiger partial charge in [0.1, 0.15) is 12.7 Å². The van der Waals surface area contributed by atoms with Crippen LogP contribution in [0.3, 0.4) is 0 Å². The molecule has 28 heavy (non-hydrogen) atoms. The first-order valence-corrected chi connectivity index (χ1v) is 9.55. The quantitative estimate of drug-likeness (QED) is 0.622. The Morgan fingerprint density at radius 1 is 1.32 bits per heavy atom. The Morgan fingerprint density at radius 3 is 2.82 bits per heavy atom. The van der Waals surface area contributed by atoms with Gasteiger partial charge in [0.15, 0.2) is 5.82 Å². The molecule has 10 heteroatoms. The Bertz CT molecular complexity index is 697. The number of ether oxygens (including phenoxy) is 2. The second kappa shape index (κ2) is 8.85. The number of hydrogen-bond donors (Lipinski definition) is 3. The number of nitrogens with zero attached hydrogens (tertiary/aromatic N) is 1. The molecule has 156 valence electrons. The molecule has 1 heterocycles. The third-order valence-electron chi connectivity index (χ3n) is 4.86. The third-order valence-corrected chi connectivity index (χ3v) is 4.86. The Morgan fingerprint density at radius 2 is 2.11 bits per heavy atom. The lowest BCUT2D eigenvalue weighted by Crippen LogP contribution is -2.33. The van der Waals surface area contributed by atoms with E-state index < -0.39 is 31.1 Å². The highest BCUT2D eigenvalue weighted by atomic mass is 19.3. The minimum absolute atomic E-state index is 0.0234. The summed E-state index contributed by atoms with van der Waals surface area (Å²) in [6, 6.07) is 1.78. The van der Waals surface area contributed by atoms with E-state index in [1.807, 2.05) is 13.8 Å². The standard InChI is InChI=1S/C18H26F2N4O4/c1-9(2)21-18(26)28-11-4-3-10(5-11)13-7-16(24-23-13)22-17(25)12-6-14(12)27-8-15(19)20/h7,9-12,14-15H,3-6,8H2,1-2H3,(H,21,26)(H2,22,23,24,25)/t10-,11+,12?,14?/m0/s1. The normalized spacial score (nSPS) is 26.5. The van der Waals surface area contributed by atoms with Crippen molar-refractivity contribution < 1.29 is 27.8 Å². The van der Waals surface area contributed by atoms with E-state index in [0.29, 0.717) is 18.7 Å². The lowest BCUT2D eigenvalue weighted by Gasteiger charge is -2.14. The van der Waals surface area contributed by atoms with Gasteiger partial charge in [0.2, 0.25) is 5.91 Å². The molecule has 3 N–H and O–H groups in total. The molecule has 8 nitrogen and oxygen atoms in total. The van der Waals surface area contributed by atoms with Gasteiger partial charge < -0.3 is 20.1 Å². The molecule has 0 bridgehead atoms. The lowest BCUT2D eigenvalue weighted by molar-refractivity contribution is -0.118. The van der Waals surface area contributed by atoms with Crippen LogP contribution in [0.2, 0.25) is 0 Å². The van der Waals surface area contributed by atoms with E-state index in [9.17, 15) is 18.4 Å². The molecule has 1 aromatic rings. The van der Waals surface area contributed by atoms with Gasteiger partial charge in [0.05, 0.1) is 12.0 Å². The number of hydrogen-bond acceptors (Lipinski definition) is 5. The first-order valence-electron chi connectivity index (χ1n) is 9.55. The average Bonchev–Trinajstić information content (AvgIpc) is 2.99. The van der Waals surface area contributed by atoms with Crippen molar-refractivity contribution >= 4 is 17.8 Å². The number of anilines is 1. The van der Waals surface area contributed by atoms with Crippen molar-refractivity contribution in [1.29, 1.82) is 0 Å². The van der Waals surface area contributed by atoms with E-state index >= 15 is 0 Å². The predicted molar refractivity (Wildman–Crippen MR) is 96.2 cm³/mol. The van der Waals surface area contributed by atoms with Crippen molar-refractivity contribution in [3.8, 4) is 0 Å². The summed E-state index contributed by atoms with van der Waals surface area (Å²) >= 11 is 0. The molecule has 2 saturated carbocycles. The molecular weight excluding hydrogens is 374 g/mol. The fourth-order valence-corrected chi connectivity index (χ4v) is 3.41. The first kappa shape index (κ1) is 20.5. The number of H-pyrrole nitrogens is 1. The zero-order chi connectivity index (χ0) is 20.3. The Hall–Kier alpha value is -2.23. The third kappa shape index (κ3) is 5.63. The highest BCUT2D eigenvalue weighted by Gasteiger charge is 2.44. The molecule has 2 fully saturated rings. The molecule has 0 spiro atoms. The first-order chi connectivity index (χ1) is 13.3. The van der Waals surface area contributed by atoms with E-state index in [0.717, 1.165) is 18.5 Å². The number of aromatic amines is 1. The van der Waals surface area contributed by atoms with Gasteiger partial charge in [-0.15, -0.1) is 0 Å². The molecule has 2 unspecified atom stereocenters. The summed E-state index contributed by atoms with van der Waals surface area (Å²) in [7, 11) is 0. The van der Waals surface area contributed by atoms with Gasteiger partial charge in [0.25, 0.3) is 6.43 Å². The Kier molecular flexibility index (Phi) is 6.48. The smallest absolute Gasteiger partial charge is 0.407 e. The Balaban J connectivity index is 1.43. The fourth-order valence-electron chi connectivity index (χ4n) is 3.41. The highest BCUT2D eigenvalue weighted by molar-refractivity contribution is 5.94. The molecule has 0 saturated heterocycles. The van der Waals surface area contributed by atoms with Crippen LogP contribution in [0, 0.1) is 5.92 Å². The number of alkyl halides is 2. The van der Waals surface area contributed by atoms with E-state index in [1.54, 1.807) is 6.07 Å². The molecule has 2 aliphatic carbocycles. The summed E-state index contributed by atoms with van der Waals surface area (Å²) in [4.78, 5) is 23.8. The number of aromatic nitrogens is 2. The van der Waals surface area contributed by atoms with Crippen molar-refractivity contribution in [3.05, 3.63) is 11.8 Å². The summed E-state index contributed by atoms with van der Waals surface area (Å²) in [6.45, 7) is 3.09. The molecule has 0 aliphatic heterocycles. The maximum Gasteiger partial charge on any atom is 0.407 e. The number of carbonyl (C=O) groups excluding carboxylic acids is 2. The number of carbonyl (C=O) groups is 2. The fraction of sp³-hybridized carbons (Fsp3) is 0.722. The predicted octanol–water partition coefficient (Wildman–Crippen LogP) is 2.79. The second-order valence-corrected chi connectivity index (χ2v) is 7.64. The van der Waals surface area contributed by atoms with Gasteiger partial charge in [-0.1, -0.05) is 0 Å². The van der Waals surface area contributed by atoms with Crippen LogP contribution >= 0.6 is 0 Å². The summed E-state index contributed by atoms with van der Waals surface area (Å²) in [5, 5.41) is 12.4. The van der Waals surface area contributed by atoms with E-state index in [1.165, 1.54) is 0 Å². The maximum atomic E-state index is 12.1. The zero-order valence-electron chi connectivity index (χ0n) is 15.9. The van der Waals surface area contributed by atoms with Crippen molar-refractivity contribution in [3.63, 3.8) is 0 Å². The van der Waals surface area contributed by atoms with Crippen LogP contribution in [0.4, 0.5) is 19.4 Å². The van der Waals surface area contributed by atoms with Crippen LogP contribution in [-0.2, 0) is 14.3 Å². The number of rotatable bonds is 8. The van der Waals surface area contributed by atoms with Crippen LogP contribution in [0.1, 0.15) is 51.1 Å². The van der Waals surface area contributed by atoms with Gasteiger partial charge in [-0.2, -0.15) is 5.10 Å². The van der Waals surface area contributed by atoms with Crippen molar-refractivity contribution in [2.24, 2.45) is 5.92 Å². The summed E-state index contributed by atoms with van der Waals surface area (Å²) < 4.78 is 34.6. The van der Waals surface area contributed by atoms with E-state index in [-0.39, 0.29) is 24.0 Å². The maximum absolute atomic E-state index is 12.1. The molecule has 4 atom stereocenters. The van der Waals surface area contributed by atoms with Crippen LogP contribution in [0.15, 0.2) is 6.07 Å². The van der Waals surface area contributed by atoms with Crippen LogP contribution in [-0.4, -0.2) is 53.5 Å². The molecule has 1 aromatic heterocycles. The number of halogens is 2. The topological polar surface area (TPSA) is 105 Å². The lowest BCUT2D eigenvalue weighted by atomic mass is 10.0. The Labute approximate surface area is 161 Å². The van der Waals surface area contributed by atoms with E-state index in [4.69, 9.17) is 9.47 Å². The van der Waals surface area contributed by atoms with Gasteiger partial charge in [-0.25, -0.2) is 13.6 Å². The molecule has 0 aromatic carbocycles. The van der Waals surface area contributed by atoms with Crippen LogP contribution in [0.5, 0.6) is 0 Å². The number of alkyl carbamates (subject to hydrolysis) is 1. The summed E-state index contributed by atoms with van der Waals surface area (Å²) in [5.41, 5.74) is 0.868. The molecule has 2 aliphatic rings. The highest BCUT2D eigenvalue weighted by Crippen LogP contribution is 2.37. The molecule has 0 radical (unpaired) electrons. The summed E-state index contributed by atoms with van der Waals surface area (Å²) in [6.07, 6.45) is -0.797. The van der Waals surface area contributed by atoms with Crippen LogP contribution in [0.25, 0.3) is 0 Å². The van der Waals surface area contributed by atoms with Gasteiger partial charge in [-0.3, -0.25) is 9.89 Å². The average molecular weight is 400 g/mol. The minimum atomic E-state index is -2.53. The van der Waals surface area contributed by atoms with Crippen molar-refractivity contribution in [2.75, 3.05) is 11.9 Å².